The minimum atomic E-state index is -0.0144. The minimum Gasteiger partial charge on any atom is -0.397 e. The van der Waals surface area contributed by atoms with E-state index in [0.29, 0.717) is 28.7 Å². The van der Waals surface area contributed by atoms with Gasteiger partial charge in [-0.05, 0) is 37.8 Å². The number of carbonyl (C=O) groups excluding carboxylic acids is 1. The van der Waals surface area contributed by atoms with E-state index in [4.69, 9.17) is 17.3 Å². The van der Waals surface area contributed by atoms with E-state index < -0.39 is 0 Å². The Morgan fingerprint density at radius 3 is 2.82 bits per heavy atom. The van der Waals surface area contributed by atoms with Crippen LogP contribution >= 0.6 is 11.6 Å². The van der Waals surface area contributed by atoms with E-state index >= 15 is 0 Å². The van der Waals surface area contributed by atoms with Crippen molar-refractivity contribution in [1.29, 1.82) is 0 Å². The Bertz CT molecular complexity index is 429. The molecule has 1 saturated carbocycles. The zero-order valence-electron chi connectivity index (χ0n) is 9.95. The number of nitrogens with zero attached hydrogens (tertiary/aromatic N) is 1. The molecule has 2 N–H and O–H groups in total. The molecule has 1 amide bonds. The van der Waals surface area contributed by atoms with Crippen molar-refractivity contribution in [3.63, 3.8) is 0 Å². The highest BCUT2D eigenvalue weighted by molar-refractivity contribution is 6.33. The summed E-state index contributed by atoms with van der Waals surface area (Å²) in [5.74, 6) is 0.665. The summed E-state index contributed by atoms with van der Waals surface area (Å²) in [5, 5.41) is 0.443. The zero-order chi connectivity index (χ0) is 12.4. The lowest BCUT2D eigenvalue weighted by molar-refractivity contribution is 0.0758. The maximum absolute atomic E-state index is 12.3. The van der Waals surface area contributed by atoms with Gasteiger partial charge in [0.25, 0.3) is 5.91 Å². The normalized spacial score (nSPS) is 14.7. The van der Waals surface area contributed by atoms with Crippen LogP contribution in [-0.4, -0.2) is 23.9 Å². The predicted molar refractivity (Wildman–Crippen MR) is 70.2 cm³/mol. The van der Waals surface area contributed by atoms with Gasteiger partial charge in [-0.15, -0.1) is 0 Å². The summed E-state index contributed by atoms with van der Waals surface area (Å²) in [5.41, 5.74) is 6.74. The summed E-state index contributed by atoms with van der Waals surface area (Å²) in [7, 11) is 0. The monoisotopic (exact) mass is 252 g/mol. The van der Waals surface area contributed by atoms with Gasteiger partial charge in [0.05, 0.1) is 16.3 Å². The molecule has 0 atom stereocenters. The number of nitrogens with two attached hydrogens (primary N) is 1. The smallest absolute Gasteiger partial charge is 0.255 e. The van der Waals surface area contributed by atoms with Crippen molar-refractivity contribution in [3.05, 3.63) is 28.8 Å². The molecule has 0 radical (unpaired) electrons. The van der Waals surface area contributed by atoms with Crippen molar-refractivity contribution in [3.8, 4) is 0 Å². The molecule has 0 bridgehead atoms. The fourth-order valence-electron chi connectivity index (χ4n) is 1.86. The lowest BCUT2D eigenvalue weighted by Crippen LogP contribution is -2.33. The van der Waals surface area contributed by atoms with E-state index in [2.05, 4.69) is 0 Å². The number of halogens is 1. The van der Waals surface area contributed by atoms with Crippen molar-refractivity contribution in [2.45, 2.75) is 19.8 Å². The van der Waals surface area contributed by atoms with Crippen LogP contribution in [0.15, 0.2) is 18.2 Å². The Morgan fingerprint density at radius 2 is 2.24 bits per heavy atom. The second kappa shape index (κ2) is 4.96. The van der Waals surface area contributed by atoms with Gasteiger partial charge in [-0.1, -0.05) is 17.7 Å². The highest BCUT2D eigenvalue weighted by Crippen LogP contribution is 2.31. The molecule has 1 aliphatic carbocycles. The van der Waals surface area contributed by atoms with Crippen molar-refractivity contribution in [1.82, 2.24) is 4.90 Å². The Morgan fingerprint density at radius 1 is 1.53 bits per heavy atom. The van der Waals surface area contributed by atoms with Crippen molar-refractivity contribution < 1.29 is 4.79 Å². The number of carbonyl (C=O) groups is 1. The lowest BCUT2D eigenvalue weighted by atomic mass is 10.1. The number of nitrogen functional groups attached to an aromatic ring is 1. The molecule has 0 aromatic heterocycles. The van der Waals surface area contributed by atoms with Crippen LogP contribution < -0.4 is 5.73 Å². The number of anilines is 1. The molecule has 17 heavy (non-hydrogen) atoms. The van der Waals surface area contributed by atoms with Gasteiger partial charge in [0.1, 0.15) is 0 Å². The van der Waals surface area contributed by atoms with Crippen LogP contribution in [0.1, 0.15) is 30.1 Å². The highest BCUT2D eigenvalue weighted by Gasteiger charge is 2.27. The van der Waals surface area contributed by atoms with Crippen LogP contribution in [0.5, 0.6) is 0 Å². The molecule has 0 unspecified atom stereocenters. The second-order valence-corrected chi connectivity index (χ2v) is 4.90. The Balaban J connectivity index is 2.18. The summed E-state index contributed by atoms with van der Waals surface area (Å²) in [6, 6.07) is 5.20. The second-order valence-electron chi connectivity index (χ2n) is 4.49. The number of hydrogen-bond acceptors (Lipinski definition) is 2. The molecular formula is C13H17ClN2O. The molecule has 1 aliphatic rings. The predicted octanol–water partition coefficient (Wildman–Crippen LogP) is 2.79. The molecule has 0 spiro atoms. The Hall–Kier alpha value is -1.22. The molecule has 0 aliphatic heterocycles. The summed E-state index contributed by atoms with van der Waals surface area (Å²) in [4.78, 5) is 14.1. The summed E-state index contributed by atoms with van der Waals surface area (Å²) < 4.78 is 0. The Labute approximate surface area is 107 Å². The van der Waals surface area contributed by atoms with Crippen LogP contribution in [-0.2, 0) is 0 Å². The van der Waals surface area contributed by atoms with Gasteiger partial charge >= 0.3 is 0 Å². The van der Waals surface area contributed by atoms with E-state index in [1.807, 2.05) is 11.8 Å². The molecule has 1 aromatic carbocycles. The molecule has 3 nitrogen and oxygen atoms in total. The molecular weight excluding hydrogens is 236 g/mol. The van der Waals surface area contributed by atoms with E-state index in [1.165, 1.54) is 12.8 Å². The molecule has 4 heteroatoms. The Kier molecular flexibility index (Phi) is 3.57. The van der Waals surface area contributed by atoms with Crippen LogP contribution in [0.3, 0.4) is 0 Å². The molecule has 0 heterocycles. The number of amides is 1. The van der Waals surface area contributed by atoms with E-state index in [1.54, 1.807) is 18.2 Å². The first-order chi connectivity index (χ1) is 8.13. The summed E-state index contributed by atoms with van der Waals surface area (Å²) in [6.45, 7) is 3.53. The van der Waals surface area contributed by atoms with E-state index in [9.17, 15) is 4.79 Å². The van der Waals surface area contributed by atoms with Crippen molar-refractivity contribution >= 4 is 23.2 Å². The SMILES string of the molecule is CCN(CC1CC1)C(=O)c1cccc(Cl)c1N. The summed E-state index contributed by atoms with van der Waals surface area (Å²) >= 11 is 5.93. The van der Waals surface area contributed by atoms with Gasteiger partial charge in [-0.25, -0.2) is 0 Å². The molecule has 2 rings (SSSR count). The van der Waals surface area contributed by atoms with Gasteiger partial charge in [0, 0.05) is 13.1 Å². The number of benzene rings is 1. The molecule has 1 aromatic rings. The van der Waals surface area contributed by atoms with Crippen molar-refractivity contribution in [2.75, 3.05) is 18.8 Å². The van der Waals surface area contributed by atoms with Gasteiger partial charge < -0.3 is 10.6 Å². The van der Waals surface area contributed by atoms with Crippen LogP contribution in [0.25, 0.3) is 0 Å². The minimum absolute atomic E-state index is 0.0144. The lowest BCUT2D eigenvalue weighted by Gasteiger charge is -2.21. The fourth-order valence-corrected chi connectivity index (χ4v) is 2.04. The van der Waals surface area contributed by atoms with E-state index in [-0.39, 0.29) is 5.91 Å². The first-order valence-electron chi connectivity index (χ1n) is 5.96. The van der Waals surface area contributed by atoms with Gasteiger partial charge in [-0.3, -0.25) is 4.79 Å². The quantitative estimate of drug-likeness (QED) is 0.838. The molecule has 0 saturated heterocycles. The molecule has 92 valence electrons. The number of rotatable bonds is 4. The average Bonchev–Trinajstić information content (AvgIpc) is 3.13. The topological polar surface area (TPSA) is 46.3 Å². The first-order valence-corrected chi connectivity index (χ1v) is 6.34. The third kappa shape index (κ3) is 2.72. The third-order valence-electron chi connectivity index (χ3n) is 3.13. The van der Waals surface area contributed by atoms with Crippen molar-refractivity contribution in [2.24, 2.45) is 5.92 Å². The highest BCUT2D eigenvalue weighted by atomic mass is 35.5. The van der Waals surface area contributed by atoms with Crippen LogP contribution in [0.2, 0.25) is 5.02 Å². The third-order valence-corrected chi connectivity index (χ3v) is 3.46. The maximum atomic E-state index is 12.3. The molecule has 1 fully saturated rings. The van der Waals surface area contributed by atoms with Gasteiger partial charge in [-0.2, -0.15) is 0 Å². The summed E-state index contributed by atoms with van der Waals surface area (Å²) in [6.07, 6.45) is 2.46. The largest absolute Gasteiger partial charge is 0.397 e. The van der Waals surface area contributed by atoms with Crippen LogP contribution in [0.4, 0.5) is 5.69 Å². The average molecular weight is 253 g/mol. The fraction of sp³-hybridized carbons (Fsp3) is 0.462. The first kappa shape index (κ1) is 12.2. The van der Waals surface area contributed by atoms with Gasteiger partial charge in [0.2, 0.25) is 0 Å². The van der Waals surface area contributed by atoms with E-state index in [0.717, 1.165) is 6.54 Å². The van der Waals surface area contributed by atoms with Gasteiger partial charge in [0.15, 0.2) is 0 Å². The zero-order valence-corrected chi connectivity index (χ0v) is 10.7. The maximum Gasteiger partial charge on any atom is 0.255 e. The number of para-hydroxylation sites is 1. The number of hydrogen-bond donors (Lipinski definition) is 1. The van der Waals surface area contributed by atoms with Crippen LogP contribution in [0, 0.1) is 5.92 Å². The standard InChI is InChI=1S/C13H17ClN2O/c1-2-16(8-9-6-7-9)13(17)10-4-3-5-11(14)12(10)15/h3-5,9H,2,6-8,15H2,1H3.